The molecular formula is C19H17N2O2-. The number of aromatic nitrogens is 1. The highest BCUT2D eigenvalue weighted by atomic mass is 16.5. The Balaban J connectivity index is 1.69. The first-order chi connectivity index (χ1) is 11.2. The number of hydrogen-bond donors (Lipinski definition) is 0. The highest BCUT2D eigenvalue weighted by Gasteiger charge is 2.26. The van der Waals surface area contributed by atoms with Gasteiger partial charge in [0.1, 0.15) is 0 Å². The molecule has 2 aliphatic rings. The fraction of sp³-hybridized carbons (Fsp3) is 0.263. The summed E-state index contributed by atoms with van der Waals surface area (Å²) in [6, 6.07) is 9.51. The van der Waals surface area contributed by atoms with Crippen LogP contribution in [0.3, 0.4) is 0 Å². The van der Waals surface area contributed by atoms with E-state index < -0.39 is 0 Å². The molecule has 1 aliphatic carbocycles. The number of hydroxylamine groups is 2. The number of ketones is 1. The second kappa shape index (κ2) is 5.72. The average Bonchev–Trinajstić information content (AvgIpc) is 2.60. The van der Waals surface area contributed by atoms with Gasteiger partial charge in [0.05, 0.1) is 5.52 Å². The van der Waals surface area contributed by atoms with Gasteiger partial charge in [-0.2, -0.15) is 0 Å². The largest absolute Gasteiger partial charge is 0.785 e. The fourth-order valence-corrected chi connectivity index (χ4v) is 3.50. The third-order valence-electron chi connectivity index (χ3n) is 4.76. The van der Waals surface area contributed by atoms with Crippen molar-refractivity contribution in [1.29, 1.82) is 0 Å². The monoisotopic (exact) mass is 305 g/mol. The molecule has 0 radical (unpaired) electrons. The second-order valence-corrected chi connectivity index (χ2v) is 6.19. The summed E-state index contributed by atoms with van der Waals surface area (Å²) in [5.74, 6) is 0.403. The Morgan fingerprint density at radius 3 is 3.00 bits per heavy atom. The highest BCUT2D eigenvalue weighted by molar-refractivity contribution is 6.15. The number of fused-ring (bicyclic) bond motifs is 2. The van der Waals surface area contributed by atoms with Crippen LogP contribution in [0.4, 0.5) is 0 Å². The number of rotatable bonds is 2. The van der Waals surface area contributed by atoms with Gasteiger partial charge in [0.2, 0.25) is 0 Å². The number of allylic oxidation sites excluding steroid dienone is 3. The Hall–Kier alpha value is -2.30. The molecule has 0 spiro atoms. The van der Waals surface area contributed by atoms with Gasteiger partial charge in [-0.1, -0.05) is 35.9 Å². The SMILES string of the molecule is O=C(C1=CC=C2CN([O-])CC[C@H]2C1)c1ccnc2ccccc12. The molecule has 1 fully saturated rings. The van der Waals surface area contributed by atoms with Crippen LogP contribution in [0.15, 0.2) is 59.8 Å². The number of nitrogens with zero attached hydrogens (tertiary/aromatic N) is 2. The third kappa shape index (κ3) is 2.60. The highest BCUT2D eigenvalue weighted by Crippen LogP contribution is 2.33. The van der Waals surface area contributed by atoms with E-state index >= 15 is 0 Å². The van der Waals surface area contributed by atoms with E-state index in [1.165, 1.54) is 0 Å². The lowest BCUT2D eigenvalue weighted by Crippen LogP contribution is -2.32. The molecule has 0 saturated carbocycles. The van der Waals surface area contributed by atoms with Crippen LogP contribution in [0.25, 0.3) is 10.9 Å². The van der Waals surface area contributed by atoms with Crippen LogP contribution in [0.2, 0.25) is 0 Å². The van der Waals surface area contributed by atoms with Gasteiger partial charge < -0.3 is 10.3 Å². The lowest BCUT2D eigenvalue weighted by Gasteiger charge is -2.39. The molecule has 4 nitrogen and oxygen atoms in total. The lowest BCUT2D eigenvalue weighted by molar-refractivity contribution is 0.102. The normalized spacial score (nSPS) is 21.5. The predicted octanol–water partition coefficient (Wildman–Crippen LogP) is 3.49. The molecule has 2 heterocycles. The molecule has 2 aromatic rings. The van der Waals surface area contributed by atoms with Crippen LogP contribution in [-0.4, -0.2) is 28.9 Å². The summed E-state index contributed by atoms with van der Waals surface area (Å²) in [5.41, 5.74) is 3.53. The smallest absolute Gasteiger partial charge is 0.189 e. The van der Waals surface area contributed by atoms with Gasteiger partial charge in [-0.05, 0) is 37.4 Å². The van der Waals surface area contributed by atoms with Crippen LogP contribution in [-0.2, 0) is 0 Å². The van der Waals surface area contributed by atoms with Gasteiger partial charge in [-0.3, -0.25) is 9.78 Å². The number of hydrogen-bond acceptors (Lipinski definition) is 4. The molecule has 1 saturated heterocycles. The summed E-state index contributed by atoms with van der Waals surface area (Å²) in [6.45, 7) is 1.03. The van der Waals surface area contributed by atoms with E-state index in [0.717, 1.165) is 40.0 Å². The van der Waals surface area contributed by atoms with Crippen molar-refractivity contribution >= 4 is 16.7 Å². The third-order valence-corrected chi connectivity index (χ3v) is 4.76. The summed E-state index contributed by atoms with van der Waals surface area (Å²) in [6.07, 6.45) is 7.11. The van der Waals surface area contributed by atoms with Crippen molar-refractivity contribution in [2.45, 2.75) is 12.8 Å². The number of carbonyl (C=O) groups excluding carboxylic acids is 1. The van der Waals surface area contributed by atoms with Crippen LogP contribution < -0.4 is 0 Å². The van der Waals surface area contributed by atoms with E-state index in [1.807, 2.05) is 36.4 Å². The summed E-state index contributed by atoms with van der Waals surface area (Å²) in [5, 5.41) is 13.5. The minimum atomic E-state index is 0.0726. The Morgan fingerprint density at radius 2 is 2.09 bits per heavy atom. The summed E-state index contributed by atoms with van der Waals surface area (Å²) >= 11 is 0. The Kier molecular flexibility index (Phi) is 3.56. The Morgan fingerprint density at radius 1 is 1.22 bits per heavy atom. The van der Waals surface area contributed by atoms with Gasteiger partial charge in [0, 0.05) is 29.3 Å². The number of piperidine rings is 1. The van der Waals surface area contributed by atoms with Crippen LogP contribution in [0.5, 0.6) is 0 Å². The maximum atomic E-state index is 13.0. The van der Waals surface area contributed by atoms with Gasteiger partial charge in [0.25, 0.3) is 0 Å². The molecule has 1 atom stereocenters. The minimum absolute atomic E-state index is 0.0726. The quantitative estimate of drug-likeness (QED) is 0.797. The van der Waals surface area contributed by atoms with Crippen molar-refractivity contribution in [3.8, 4) is 0 Å². The molecule has 116 valence electrons. The number of carbonyl (C=O) groups is 1. The first-order valence-corrected chi connectivity index (χ1v) is 7.92. The number of Topliss-reactive ketones (excluding diaryl/α,β-unsaturated/α-hetero) is 1. The standard InChI is InChI=1S/C19H17N2O2/c22-19(17-7-9-20-18-4-2-1-3-16(17)18)14-5-6-15-12-21(23)10-8-13(15)11-14/h1-7,9,13H,8,10-12H2/q-1/t13-/m0/s1. The van der Waals surface area contributed by atoms with Gasteiger partial charge >= 0.3 is 0 Å². The maximum Gasteiger partial charge on any atom is 0.189 e. The Bertz CT molecular complexity index is 833. The molecule has 1 aromatic heterocycles. The first-order valence-electron chi connectivity index (χ1n) is 7.92. The molecule has 0 amide bonds. The molecule has 4 heteroatoms. The minimum Gasteiger partial charge on any atom is -0.785 e. The van der Waals surface area contributed by atoms with Gasteiger partial charge in [-0.25, -0.2) is 0 Å². The molecular weight excluding hydrogens is 288 g/mol. The molecule has 23 heavy (non-hydrogen) atoms. The maximum absolute atomic E-state index is 13.0. The van der Waals surface area contributed by atoms with E-state index in [9.17, 15) is 10.0 Å². The van der Waals surface area contributed by atoms with E-state index in [0.29, 0.717) is 24.6 Å². The molecule has 1 aromatic carbocycles. The molecule has 1 aliphatic heterocycles. The van der Waals surface area contributed by atoms with Crippen LogP contribution in [0, 0.1) is 11.1 Å². The summed E-state index contributed by atoms with van der Waals surface area (Å²) in [7, 11) is 0. The topological polar surface area (TPSA) is 56.3 Å². The molecule has 0 bridgehead atoms. The Labute approximate surface area is 134 Å². The van der Waals surface area contributed by atoms with Crippen molar-refractivity contribution in [2.75, 3.05) is 13.1 Å². The zero-order valence-electron chi connectivity index (χ0n) is 12.7. The van der Waals surface area contributed by atoms with E-state index in [-0.39, 0.29) is 5.78 Å². The number of benzene rings is 1. The molecule has 0 N–H and O–H groups in total. The van der Waals surface area contributed by atoms with Crippen LogP contribution in [0.1, 0.15) is 23.2 Å². The van der Waals surface area contributed by atoms with Crippen molar-refractivity contribution < 1.29 is 4.79 Å². The zero-order chi connectivity index (χ0) is 15.8. The fourth-order valence-electron chi connectivity index (χ4n) is 3.50. The van der Waals surface area contributed by atoms with Gasteiger partial charge in [-0.15, -0.1) is 0 Å². The van der Waals surface area contributed by atoms with E-state index in [2.05, 4.69) is 4.98 Å². The average molecular weight is 305 g/mol. The zero-order valence-corrected chi connectivity index (χ0v) is 12.7. The van der Waals surface area contributed by atoms with E-state index in [1.54, 1.807) is 12.3 Å². The lowest BCUT2D eigenvalue weighted by atomic mass is 9.80. The first kappa shape index (κ1) is 14.3. The van der Waals surface area contributed by atoms with Crippen LogP contribution >= 0.6 is 0 Å². The molecule has 0 unspecified atom stereocenters. The number of para-hydroxylation sites is 1. The molecule has 4 rings (SSSR count). The van der Waals surface area contributed by atoms with Crippen molar-refractivity contribution in [1.82, 2.24) is 10.0 Å². The van der Waals surface area contributed by atoms with Crippen molar-refractivity contribution in [3.05, 3.63) is 70.6 Å². The number of pyridine rings is 1. The predicted molar refractivity (Wildman–Crippen MR) is 89.9 cm³/mol. The summed E-state index contributed by atoms with van der Waals surface area (Å²) in [4.78, 5) is 17.3. The van der Waals surface area contributed by atoms with Crippen molar-refractivity contribution in [3.63, 3.8) is 0 Å². The summed E-state index contributed by atoms with van der Waals surface area (Å²) < 4.78 is 0. The second-order valence-electron chi connectivity index (χ2n) is 6.19. The van der Waals surface area contributed by atoms with E-state index in [4.69, 9.17) is 0 Å². The van der Waals surface area contributed by atoms with Gasteiger partial charge in [0.15, 0.2) is 5.78 Å². The van der Waals surface area contributed by atoms with Crippen molar-refractivity contribution in [2.24, 2.45) is 5.92 Å².